The van der Waals surface area contributed by atoms with E-state index in [1.54, 1.807) is 20.1 Å². The Bertz CT molecular complexity index is 388. The molecule has 0 spiro atoms. The maximum absolute atomic E-state index is 10.4. The van der Waals surface area contributed by atoms with Gasteiger partial charge in [-0.05, 0) is 44.4 Å². The highest BCUT2D eigenvalue weighted by molar-refractivity contribution is 6.31. The van der Waals surface area contributed by atoms with Crippen LogP contribution in [0, 0.1) is 6.92 Å². The number of hydrogen-bond acceptors (Lipinski definition) is 3. The van der Waals surface area contributed by atoms with Crippen molar-refractivity contribution in [2.75, 3.05) is 13.7 Å². The number of methoxy groups -OCH3 is 1. The van der Waals surface area contributed by atoms with Crippen LogP contribution >= 0.6 is 11.6 Å². The lowest BCUT2D eigenvalue weighted by atomic mass is 9.90. The largest absolute Gasteiger partial charge is 0.496 e. The molecule has 96 valence electrons. The number of halogens is 1. The third kappa shape index (κ3) is 3.35. The van der Waals surface area contributed by atoms with Gasteiger partial charge >= 0.3 is 0 Å². The van der Waals surface area contributed by atoms with Gasteiger partial charge in [-0.3, -0.25) is 0 Å². The molecule has 0 amide bonds. The lowest BCUT2D eigenvalue weighted by Gasteiger charge is -2.26. The van der Waals surface area contributed by atoms with E-state index in [0.29, 0.717) is 29.2 Å². The van der Waals surface area contributed by atoms with Gasteiger partial charge in [-0.25, -0.2) is 0 Å². The van der Waals surface area contributed by atoms with E-state index in [0.717, 1.165) is 5.56 Å². The van der Waals surface area contributed by atoms with E-state index in [9.17, 15) is 5.11 Å². The van der Waals surface area contributed by atoms with Crippen LogP contribution in [0.3, 0.4) is 0 Å². The summed E-state index contributed by atoms with van der Waals surface area (Å²) in [6.45, 7) is 3.64. The minimum atomic E-state index is -1.05. The van der Waals surface area contributed by atoms with Gasteiger partial charge in [0.2, 0.25) is 0 Å². The summed E-state index contributed by atoms with van der Waals surface area (Å²) in [7, 11) is 1.56. The predicted octanol–water partition coefficient (Wildman–Crippen LogP) is 2.64. The minimum Gasteiger partial charge on any atom is -0.496 e. The van der Waals surface area contributed by atoms with Crippen LogP contribution in [0.15, 0.2) is 12.1 Å². The second kappa shape index (κ2) is 5.71. The van der Waals surface area contributed by atoms with Crippen molar-refractivity contribution >= 4 is 11.6 Å². The molecular weight excluding hydrogens is 240 g/mol. The van der Waals surface area contributed by atoms with Crippen molar-refractivity contribution in [2.45, 2.75) is 32.3 Å². The molecule has 0 aliphatic carbocycles. The van der Waals surface area contributed by atoms with Crippen molar-refractivity contribution in [3.63, 3.8) is 0 Å². The summed E-state index contributed by atoms with van der Waals surface area (Å²) in [5, 5.41) is 19.8. The summed E-state index contributed by atoms with van der Waals surface area (Å²) < 4.78 is 5.27. The zero-order valence-electron chi connectivity index (χ0n) is 10.5. The summed E-state index contributed by atoms with van der Waals surface area (Å²) in [5.74, 6) is 0.620. The van der Waals surface area contributed by atoms with Crippen LogP contribution in [-0.2, 0) is 5.60 Å². The van der Waals surface area contributed by atoms with Gasteiger partial charge in [0.15, 0.2) is 0 Å². The van der Waals surface area contributed by atoms with Crippen molar-refractivity contribution < 1.29 is 14.9 Å². The molecular formula is C13H19ClO3. The fourth-order valence-corrected chi connectivity index (χ4v) is 1.97. The second-order valence-electron chi connectivity index (χ2n) is 4.40. The third-order valence-corrected chi connectivity index (χ3v) is 3.29. The molecule has 1 rings (SSSR count). The molecule has 3 nitrogen and oxygen atoms in total. The zero-order valence-corrected chi connectivity index (χ0v) is 11.2. The van der Waals surface area contributed by atoms with Gasteiger partial charge in [-0.1, -0.05) is 11.6 Å². The lowest BCUT2D eigenvalue weighted by molar-refractivity contribution is 0.0380. The number of aryl methyl sites for hydroxylation is 1. The molecule has 0 saturated carbocycles. The average molecular weight is 259 g/mol. The molecule has 17 heavy (non-hydrogen) atoms. The summed E-state index contributed by atoms with van der Waals surface area (Å²) in [5.41, 5.74) is 0.514. The minimum absolute atomic E-state index is 0.0536. The molecule has 0 radical (unpaired) electrons. The van der Waals surface area contributed by atoms with Crippen LogP contribution in [0.4, 0.5) is 0 Å². The summed E-state index contributed by atoms with van der Waals surface area (Å²) in [4.78, 5) is 0. The first-order valence-electron chi connectivity index (χ1n) is 5.60. The summed E-state index contributed by atoms with van der Waals surface area (Å²) in [6.07, 6.45) is 0.987. The Balaban J connectivity index is 3.14. The fraction of sp³-hybridized carbons (Fsp3) is 0.538. The standard InChI is InChI=1S/C13H19ClO3/c1-9-7-12(17-3)10(8-11(9)14)13(2,16)5-4-6-15/h7-8,15-16H,4-6H2,1-3H3. The maximum atomic E-state index is 10.4. The Morgan fingerprint density at radius 2 is 2.06 bits per heavy atom. The number of aliphatic hydroxyl groups is 2. The Kier molecular flexibility index (Phi) is 4.80. The van der Waals surface area contributed by atoms with E-state index in [1.807, 2.05) is 13.0 Å². The van der Waals surface area contributed by atoms with Crippen LogP contribution < -0.4 is 4.74 Å². The molecule has 4 heteroatoms. The maximum Gasteiger partial charge on any atom is 0.125 e. The Morgan fingerprint density at radius 3 is 2.59 bits per heavy atom. The van der Waals surface area contributed by atoms with Crippen molar-refractivity contribution in [1.29, 1.82) is 0 Å². The molecule has 1 unspecified atom stereocenters. The van der Waals surface area contributed by atoms with Gasteiger partial charge < -0.3 is 14.9 Å². The molecule has 0 fully saturated rings. The van der Waals surface area contributed by atoms with Crippen LogP contribution in [0.1, 0.15) is 30.9 Å². The Hall–Kier alpha value is -0.770. The van der Waals surface area contributed by atoms with Gasteiger partial charge in [-0.2, -0.15) is 0 Å². The van der Waals surface area contributed by atoms with Crippen LogP contribution in [0.25, 0.3) is 0 Å². The van der Waals surface area contributed by atoms with E-state index < -0.39 is 5.60 Å². The van der Waals surface area contributed by atoms with Gasteiger partial charge in [0.1, 0.15) is 5.75 Å². The van der Waals surface area contributed by atoms with Gasteiger partial charge in [-0.15, -0.1) is 0 Å². The van der Waals surface area contributed by atoms with Crippen molar-refractivity contribution in [3.05, 3.63) is 28.3 Å². The number of aliphatic hydroxyl groups excluding tert-OH is 1. The molecule has 1 aromatic rings. The van der Waals surface area contributed by atoms with Crippen LogP contribution in [0.5, 0.6) is 5.75 Å². The smallest absolute Gasteiger partial charge is 0.125 e. The molecule has 2 N–H and O–H groups in total. The van der Waals surface area contributed by atoms with Gasteiger partial charge in [0.05, 0.1) is 12.7 Å². The second-order valence-corrected chi connectivity index (χ2v) is 4.81. The number of rotatable bonds is 5. The first-order valence-corrected chi connectivity index (χ1v) is 5.98. The number of ether oxygens (including phenoxy) is 1. The van der Waals surface area contributed by atoms with Crippen LogP contribution in [-0.4, -0.2) is 23.9 Å². The van der Waals surface area contributed by atoms with Crippen molar-refractivity contribution in [3.8, 4) is 5.75 Å². The third-order valence-electron chi connectivity index (χ3n) is 2.88. The lowest BCUT2D eigenvalue weighted by Crippen LogP contribution is -2.22. The molecule has 0 aromatic heterocycles. The van der Waals surface area contributed by atoms with Crippen LogP contribution in [0.2, 0.25) is 5.02 Å². The molecule has 1 atom stereocenters. The molecule has 0 bridgehead atoms. The first kappa shape index (κ1) is 14.3. The van der Waals surface area contributed by atoms with Crippen molar-refractivity contribution in [2.24, 2.45) is 0 Å². The normalized spacial score (nSPS) is 14.5. The van der Waals surface area contributed by atoms with Gasteiger partial charge in [0.25, 0.3) is 0 Å². The van der Waals surface area contributed by atoms with E-state index >= 15 is 0 Å². The SMILES string of the molecule is COc1cc(C)c(Cl)cc1C(C)(O)CCCO. The zero-order chi connectivity index (χ0) is 13.1. The van der Waals surface area contributed by atoms with E-state index in [2.05, 4.69) is 0 Å². The average Bonchev–Trinajstić information content (AvgIpc) is 2.29. The fourth-order valence-electron chi connectivity index (χ4n) is 1.80. The van der Waals surface area contributed by atoms with E-state index in [4.69, 9.17) is 21.4 Å². The highest BCUT2D eigenvalue weighted by Gasteiger charge is 2.27. The monoisotopic (exact) mass is 258 g/mol. The molecule has 1 aromatic carbocycles. The molecule has 0 saturated heterocycles. The molecule has 0 aliphatic rings. The van der Waals surface area contributed by atoms with E-state index in [-0.39, 0.29) is 6.61 Å². The van der Waals surface area contributed by atoms with Gasteiger partial charge in [0, 0.05) is 17.2 Å². The summed E-state index contributed by atoms with van der Waals surface area (Å²) in [6, 6.07) is 3.54. The topological polar surface area (TPSA) is 49.7 Å². The quantitative estimate of drug-likeness (QED) is 0.854. The Labute approximate surface area is 107 Å². The van der Waals surface area contributed by atoms with Crippen molar-refractivity contribution in [1.82, 2.24) is 0 Å². The molecule has 0 heterocycles. The molecule has 0 aliphatic heterocycles. The highest BCUT2D eigenvalue weighted by Crippen LogP contribution is 2.36. The number of hydrogen-bond donors (Lipinski definition) is 2. The Morgan fingerprint density at radius 1 is 1.41 bits per heavy atom. The first-order chi connectivity index (χ1) is 7.92. The predicted molar refractivity (Wildman–Crippen MR) is 68.6 cm³/mol. The van der Waals surface area contributed by atoms with E-state index in [1.165, 1.54) is 0 Å². The highest BCUT2D eigenvalue weighted by atomic mass is 35.5. The summed E-state index contributed by atoms with van der Waals surface area (Å²) >= 11 is 6.07. The number of benzene rings is 1.